The lowest BCUT2D eigenvalue weighted by Gasteiger charge is -1.99. The van der Waals surface area contributed by atoms with Crippen molar-refractivity contribution in [2.24, 2.45) is 5.10 Å². The van der Waals surface area contributed by atoms with E-state index in [-0.39, 0.29) is 0 Å². The molecule has 3 heteroatoms. The number of nitrogens with one attached hydrogen (secondary N) is 1. The summed E-state index contributed by atoms with van der Waals surface area (Å²) in [6.07, 6.45) is 1.84. The summed E-state index contributed by atoms with van der Waals surface area (Å²) in [7, 11) is 0. The maximum atomic E-state index is 4.19. The zero-order valence-corrected chi connectivity index (χ0v) is 10.2. The normalized spacial score (nSPS) is 10.9. The molecule has 1 heterocycles. The van der Waals surface area contributed by atoms with Crippen molar-refractivity contribution in [2.75, 3.05) is 5.43 Å². The molecule has 0 fully saturated rings. The van der Waals surface area contributed by atoms with Crippen molar-refractivity contribution >= 4 is 23.2 Å². The second-order valence-corrected chi connectivity index (χ2v) is 5.00. The molecule has 0 aliphatic carbocycles. The van der Waals surface area contributed by atoms with Gasteiger partial charge >= 0.3 is 0 Å². The van der Waals surface area contributed by atoms with E-state index < -0.39 is 0 Å². The molecule has 0 saturated carbocycles. The summed E-state index contributed by atoms with van der Waals surface area (Å²) in [6, 6.07) is 12.3. The highest BCUT2D eigenvalue weighted by molar-refractivity contribution is 7.13. The van der Waals surface area contributed by atoms with Crippen LogP contribution >= 0.6 is 11.3 Å². The van der Waals surface area contributed by atoms with E-state index in [2.05, 4.69) is 48.6 Å². The fourth-order valence-corrected chi connectivity index (χ4v) is 2.07. The summed E-state index contributed by atoms with van der Waals surface area (Å²) in [5.41, 5.74) is 5.27. The van der Waals surface area contributed by atoms with Gasteiger partial charge in [-0.3, -0.25) is 5.43 Å². The zero-order valence-electron chi connectivity index (χ0n) is 9.40. The third-order valence-corrected chi connectivity index (χ3v) is 3.13. The molecular formula is C13H14N2S. The first kappa shape index (κ1) is 10.9. The van der Waals surface area contributed by atoms with E-state index in [1.54, 1.807) is 11.3 Å². The predicted molar refractivity (Wildman–Crippen MR) is 71.5 cm³/mol. The van der Waals surface area contributed by atoms with Crippen LogP contribution in [0.2, 0.25) is 0 Å². The Morgan fingerprint density at radius 1 is 1.06 bits per heavy atom. The molecule has 0 bridgehead atoms. The van der Waals surface area contributed by atoms with Crippen LogP contribution in [-0.4, -0.2) is 6.21 Å². The molecule has 1 aromatic carbocycles. The van der Waals surface area contributed by atoms with Gasteiger partial charge in [0.1, 0.15) is 0 Å². The van der Waals surface area contributed by atoms with E-state index in [1.165, 1.54) is 10.4 Å². The fourth-order valence-electron chi connectivity index (χ4n) is 1.32. The minimum Gasteiger partial charge on any atom is -0.278 e. The SMILES string of the molecule is Cc1ccc(NN=Cc2ccc(C)s2)cc1. The van der Waals surface area contributed by atoms with Gasteiger partial charge < -0.3 is 0 Å². The van der Waals surface area contributed by atoms with Gasteiger partial charge in [-0.1, -0.05) is 17.7 Å². The number of nitrogens with zero attached hydrogens (tertiary/aromatic N) is 1. The molecule has 0 aliphatic rings. The highest BCUT2D eigenvalue weighted by Crippen LogP contribution is 2.13. The number of aryl methyl sites for hydroxylation is 2. The first-order chi connectivity index (χ1) is 7.74. The summed E-state index contributed by atoms with van der Waals surface area (Å²) in [6.45, 7) is 4.16. The number of thiophene rings is 1. The molecule has 0 radical (unpaired) electrons. The Labute approximate surface area is 99.6 Å². The molecule has 2 aromatic rings. The van der Waals surface area contributed by atoms with Crippen molar-refractivity contribution in [3.05, 3.63) is 51.7 Å². The lowest BCUT2D eigenvalue weighted by Crippen LogP contribution is -1.88. The number of benzene rings is 1. The average molecular weight is 230 g/mol. The molecule has 0 atom stereocenters. The summed E-state index contributed by atoms with van der Waals surface area (Å²) in [4.78, 5) is 2.47. The van der Waals surface area contributed by atoms with Gasteiger partial charge in [-0.2, -0.15) is 5.10 Å². The molecular weight excluding hydrogens is 216 g/mol. The highest BCUT2D eigenvalue weighted by atomic mass is 32.1. The van der Waals surface area contributed by atoms with Gasteiger partial charge in [-0.15, -0.1) is 11.3 Å². The summed E-state index contributed by atoms with van der Waals surface area (Å²) in [5.74, 6) is 0. The van der Waals surface area contributed by atoms with Gasteiger partial charge in [-0.25, -0.2) is 0 Å². The van der Waals surface area contributed by atoms with E-state index in [0.717, 1.165) is 10.6 Å². The number of hydrazone groups is 1. The Morgan fingerprint density at radius 3 is 2.44 bits per heavy atom. The Hall–Kier alpha value is -1.61. The Bertz CT molecular complexity index is 483. The zero-order chi connectivity index (χ0) is 11.4. The lowest BCUT2D eigenvalue weighted by atomic mass is 10.2. The molecule has 1 N–H and O–H groups in total. The quantitative estimate of drug-likeness (QED) is 0.629. The Morgan fingerprint density at radius 2 is 1.81 bits per heavy atom. The summed E-state index contributed by atoms with van der Waals surface area (Å²) < 4.78 is 0. The third-order valence-electron chi connectivity index (χ3n) is 2.20. The van der Waals surface area contributed by atoms with Crippen molar-refractivity contribution in [2.45, 2.75) is 13.8 Å². The van der Waals surface area contributed by atoms with Crippen LogP contribution < -0.4 is 5.43 Å². The largest absolute Gasteiger partial charge is 0.278 e. The number of hydrogen-bond acceptors (Lipinski definition) is 3. The molecule has 2 rings (SSSR count). The van der Waals surface area contributed by atoms with Gasteiger partial charge in [0.05, 0.1) is 11.9 Å². The third kappa shape index (κ3) is 2.94. The van der Waals surface area contributed by atoms with E-state index in [0.29, 0.717) is 0 Å². The molecule has 0 amide bonds. The molecule has 0 saturated heterocycles. The van der Waals surface area contributed by atoms with Crippen LogP contribution in [0.3, 0.4) is 0 Å². The lowest BCUT2D eigenvalue weighted by molar-refractivity contribution is 1.34. The van der Waals surface area contributed by atoms with Crippen molar-refractivity contribution in [1.29, 1.82) is 0 Å². The molecule has 1 aromatic heterocycles. The standard InChI is InChI=1S/C13H14N2S/c1-10-3-6-12(7-4-10)15-14-9-13-8-5-11(2)16-13/h3-9,15H,1-2H3. The van der Waals surface area contributed by atoms with Gasteiger partial charge in [0.2, 0.25) is 0 Å². The number of rotatable bonds is 3. The second-order valence-electron chi connectivity index (χ2n) is 3.68. The van der Waals surface area contributed by atoms with E-state index in [4.69, 9.17) is 0 Å². The minimum atomic E-state index is 1.01. The predicted octanol–water partition coefficient (Wildman–Crippen LogP) is 3.81. The van der Waals surface area contributed by atoms with Crippen LogP contribution in [0, 0.1) is 13.8 Å². The van der Waals surface area contributed by atoms with Gasteiger partial charge in [0.25, 0.3) is 0 Å². The number of hydrogen-bond donors (Lipinski definition) is 1. The van der Waals surface area contributed by atoms with Gasteiger partial charge in [0, 0.05) is 9.75 Å². The molecule has 0 aliphatic heterocycles. The summed E-state index contributed by atoms with van der Waals surface area (Å²) in [5, 5.41) is 4.19. The second kappa shape index (κ2) is 4.94. The first-order valence-electron chi connectivity index (χ1n) is 5.16. The fraction of sp³-hybridized carbons (Fsp3) is 0.154. The maximum Gasteiger partial charge on any atom is 0.0644 e. The molecule has 82 valence electrons. The Balaban J connectivity index is 1.97. The van der Waals surface area contributed by atoms with Crippen LogP contribution in [0.25, 0.3) is 0 Å². The smallest absolute Gasteiger partial charge is 0.0644 e. The van der Waals surface area contributed by atoms with Crippen LogP contribution in [0.5, 0.6) is 0 Å². The van der Waals surface area contributed by atoms with Crippen LogP contribution in [-0.2, 0) is 0 Å². The maximum absolute atomic E-state index is 4.19. The molecule has 2 nitrogen and oxygen atoms in total. The topological polar surface area (TPSA) is 24.4 Å². The number of anilines is 1. The van der Waals surface area contributed by atoms with Crippen LogP contribution in [0.4, 0.5) is 5.69 Å². The Kier molecular flexibility index (Phi) is 3.37. The average Bonchev–Trinajstić information content (AvgIpc) is 2.67. The minimum absolute atomic E-state index is 1.01. The van der Waals surface area contributed by atoms with Gasteiger partial charge in [0.15, 0.2) is 0 Å². The highest BCUT2D eigenvalue weighted by Gasteiger charge is 1.92. The van der Waals surface area contributed by atoms with Crippen molar-refractivity contribution in [3.63, 3.8) is 0 Å². The van der Waals surface area contributed by atoms with Crippen molar-refractivity contribution in [1.82, 2.24) is 0 Å². The van der Waals surface area contributed by atoms with E-state index in [9.17, 15) is 0 Å². The van der Waals surface area contributed by atoms with E-state index >= 15 is 0 Å². The van der Waals surface area contributed by atoms with Crippen LogP contribution in [0.1, 0.15) is 15.3 Å². The summed E-state index contributed by atoms with van der Waals surface area (Å²) >= 11 is 1.74. The van der Waals surface area contributed by atoms with Crippen molar-refractivity contribution < 1.29 is 0 Å². The van der Waals surface area contributed by atoms with Crippen molar-refractivity contribution in [3.8, 4) is 0 Å². The molecule has 0 spiro atoms. The van der Waals surface area contributed by atoms with E-state index in [1.807, 2.05) is 18.3 Å². The first-order valence-corrected chi connectivity index (χ1v) is 5.98. The molecule has 0 unspecified atom stereocenters. The molecule has 16 heavy (non-hydrogen) atoms. The van der Waals surface area contributed by atoms with Crippen LogP contribution in [0.15, 0.2) is 41.5 Å². The monoisotopic (exact) mass is 230 g/mol. The van der Waals surface area contributed by atoms with Gasteiger partial charge in [-0.05, 0) is 38.1 Å².